The van der Waals surface area contributed by atoms with Gasteiger partial charge in [0.15, 0.2) is 0 Å². The molecule has 1 aliphatic carbocycles. The molecule has 1 fully saturated rings. The van der Waals surface area contributed by atoms with Gasteiger partial charge in [-0.05, 0) is 42.9 Å². The van der Waals surface area contributed by atoms with Gasteiger partial charge in [-0.15, -0.1) is 0 Å². The molecule has 1 heteroatoms. The summed E-state index contributed by atoms with van der Waals surface area (Å²) < 4.78 is 0. The Morgan fingerprint density at radius 1 is 1.29 bits per heavy atom. The van der Waals surface area contributed by atoms with Gasteiger partial charge >= 0.3 is 0 Å². The molecule has 14 heavy (non-hydrogen) atoms. The summed E-state index contributed by atoms with van der Waals surface area (Å²) in [5.74, 6) is 0.685. The summed E-state index contributed by atoms with van der Waals surface area (Å²) >= 11 is 0. The van der Waals surface area contributed by atoms with Crippen molar-refractivity contribution in [1.29, 1.82) is 0 Å². The zero-order valence-electron chi connectivity index (χ0n) is 9.09. The maximum atomic E-state index is 3.50. The van der Waals surface area contributed by atoms with E-state index >= 15 is 0 Å². The summed E-state index contributed by atoms with van der Waals surface area (Å²) in [4.78, 5) is 0. The molecular formula is C13H19N. The highest BCUT2D eigenvalue weighted by Gasteiger charge is 2.20. The molecule has 0 heterocycles. The average Bonchev–Trinajstić information content (AvgIpc) is 3.02. The lowest BCUT2D eigenvalue weighted by Crippen LogP contribution is -2.00. The minimum atomic E-state index is 0.685. The SMILES string of the molecule is CCC(C)c1ccc(NC2CC2)cc1. The molecule has 0 amide bonds. The summed E-state index contributed by atoms with van der Waals surface area (Å²) in [5, 5.41) is 3.50. The Balaban J connectivity index is 2.01. The first-order valence-electron chi connectivity index (χ1n) is 5.66. The van der Waals surface area contributed by atoms with Crippen LogP contribution >= 0.6 is 0 Å². The molecule has 0 saturated heterocycles. The molecule has 0 aromatic heterocycles. The van der Waals surface area contributed by atoms with Crippen LogP contribution < -0.4 is 5.32 Å². The molecule has 1 unspecified atom stereocenters. The third kappa shape index (κ3) is 2.28. The topological polar surface area (TPSA) is 12.0 Å². The van der Waals surface area contributed by atoms with Gasteiger partial charge in [-0.3, -0.25) is 0 Å². The monoisotopic (exact) mass is 189 g/mol. The van der Waals surface area contributed by atoms with Crippen LogP contribution in [0.25, 0.3) is 0 Å². The summed E-state index contributed by atoms with van der Waals surface area (Å²) in [7, 11) is 0. The van der Waals surface area contributed by atoms with Crippen LogP contribution in [-0.2, 0) is 0 Å². The van der Waals surface area contributed by atoms with Gasteiger partial charge in [0.25, 0.3) is 0 Å². The van der Waals surface area contributed by atoms with Crippen molar-refractivity contribution in [1.82, 2.24) is 0 Å². The van der Waals surface area contributed by atoms with Crippen LogP contribution in [0.15, 0.2) is 24.3 Å². The average molecular weight is 189 g/mol. The molecule has 76 valence electrons. The van der Waals surface area contributed by atoms with Gasteiger partial charge in [-0.2, -0.15) is 0 Å². The molecule has 1 aromatic carbocycles. The predicted molar refractivity (Wildman–Crippen MR) is 61.8 cm³/mol. The normalized spacial score (nSPS) is 17.9. The molecule has 1 N–H and O–H groups in total. The first-order valence-corrected chi connectivity index (χ1v) is 5.66. The number of hydrogen-bond acceptors (Lipinski definition) is 1. The fourth-order valence-corrected chi connectivity index (χ4v) is 1.61. The van der Waals surface area contributed by atoms with Gasteiger partial charge < -0.3 is 5.32 Å². The Bertz CT molecular complexity index is 285. The molecule has 0 radical (unpaired) electrons. The summed E-state index contributed by atoms with van der Waals surface area (Å²) in [6.07, 6.45) is 3.90. The van der Waals surface area contributed by atoms with Gasteiger partial charge in [0.05, 0.1) is 0 Å². The van der Waals surface area contributed by atoms with Crippen molar-refractivity contribution >= 4 is 5.69 Å². The molecule has 1 aliphatic rings. The zero-order chi connectivity index (χ0) is 9.97. The first-order chi connectivity index (χ1) is 6.79. The Morgan fingerprint density at radius 3 is 2.43 bits per heavy atom. The largest absolute Gasteiger partial charge is 0.382 e. The summed E-state index contributed by atoms with van der Waals surface area (Å²) in [5.41, 5.74) is 2.73. The highest BCUT2D eigenvalue weighted by atomic mass is 14.9. The zero-order valence-corrected chi connectivity index (χ0v) is 9.09. The van der Waals surface area contributed by atoms with Crippen LogP contribution in [0.4, 0.5) is 5.69 Å². The Hall–Kier alpha value is -0.980. The fraction of sp³-hybridized carbons (Fsp3) is 0.538. The highest BCUT2D eigenvalue weighted by Crippen LogP contribution is 2.26. The molecule has 2 rings (SSSR count). The van der Waals surface area contributed by atoms with E-state index in [9.17, 15) is 0 Å². The number of anilines is 1. The predicted octanol–water partition coefficient (Wildman–Crippen LogP) is 3.77. The number of hydrogen-bond donors (Lipinski definition) is 1. The summed E-state index contributed by atoms with van der Waals surface area (Å²) in [6, 6.07) is 9.67. The van der Waals surface area contributed by atoms with Crippen molar-refractivity contribution in [2.24, 2.45) is 0 Å². The van der Waals surface area contributed by atoms with Crippen LogP contribution in [-0.4, -0.2) is 6.04 Å². The van der Waals surface area contributed by atoms with Gasteiger partial charge in [0.2, 0.25) is 0 Å². The second kappa shape index (κ2) is 4.04. The van der Waals surface area contributed by atoms with E-state index in [0.717, 1.165) is 6.04 Å². The van der Waals surface area contributed by atoms with Gasteiger partial charge in [0.1, 0.15) is 0 Å². The van der Waals surface area contributed by atoms with E-state index in [-0.39, 0.29) is 0 Å². The first kappa shape index (κ1) is 9.57. The quantitative estimate of drug-likeness (QED) is 0.760. The Morgan fingerprint density at radius 2 is 1.93 bits per heavy atom. The van der Waals surface area contributed by atoms with Crippen LogP contribution in [0, 0.1) is 0 Å². The fourth-order valence-electron chi connectivity index (χ4n) is 1.61. The van der Waals surface area contributed by atoms with Crippen molar-refractivity contribution in [3.63, 3.8) is 0 Å². The van der Waals surface area contributed by atoms with Gasteiger partial charge in [-0.25, -0.2) is 0 Å². The smallest absolute Gasteiger partial charge is 0.0342 e. The van der Waals surface area contributed by atoms with E-state index in [1.54, 1.807) is 0 Å². The molecule has 1 nitrogen and oxygen atoms in total. The molecule has 1 aromatic rings. The molecule has 0 bridgehead atoms. The summed E-state index contributed by atoms with van der Waals surface area (Å²) in [6.45, 7) is 4.52. The second-order valence-electron chi connectivity index (χ2n) is 4.35. The Kier molecular flexibility index (Phi) is 2.76. The van der Waals surface area contributed by atoms with E-state index < -0.39 is 0 Å². The van der Waals surface area contributed by atoms with Gasteiger partial charge in [0, 0.05) is 11.7 Å². The van der Waals surface area contributed by atoms with E-state index in [4.69, 9.17) is 0 Å². The number of benzene rings is 1. The van der Waals surface area contributed by atoms with E-state index in [1.165, 1.54) is 30.5 Å². The van der Waals surface area contributed by atoms with Crippen LogP contribution in [0.5, 0.6) is 0 Å². The van der Waals surface area contributed by atoms with Crippen molar-refractivity contribution in [2.45, 2.75) is 45.1 Å². The van der Waals surface area contributed by atoms with Crippen LogP contribution in [0.3, 0.4) is 0 Å². The van der Waals surface area contributed by atoms with Crippen LogP contribution in [0.2, 0.25) is 0 Å². The van der Waals surface area contributed by atoms with Crippen molar-refractivity contribution in [3.8, 4) is 0 Å². The van der Waals surface area contributed by atoms with Crippen LogP contribution in [0.1, 0.15) is 44.6 Å². The third-order valence-corrected chi connectivity index (χ3v) is 3.04. The number of rotatable bonds is 4. The van der Waals surface area contributed by atoms with Crippen molar-refractivity contribution in [2.75, 3.05) is 5.32 Å². The standard InChI is InChI=1S/C13H19N/c1-3-10(2)11-4-6-12(7-5-11)14-13-8-9-13/h4-7,10,13-14H,3,8-9H2,1-2H3. The Labute approximate surface area is 86.5 Å². The van der Waals surface area contributed by atoms with Crippen molar-refractivity contribution in [3.05, 3.63) is 29.8 Å². The maximum Gasteiger partial charge on any atom is 0.0342 e. The van der Waals surface area contributed by atoms with E-state index in [2.05, 4.69) is 43.4 Å². The third-order valence-electron chi connectivity index (χ3n) is 3.04. The number of nitrogens with one attached hydrogen (secondary N) is 1. The molecule has 1 saturated carbocycles. The molecule has 0 spiro atoms. The van der Waals surface area contributed by atoms with E-state index in [1.807, 2.05) is 0 Å². The minimum Gasteiger partial charge on any atom is -0.382 e. The molecular weight excluding hydrogens is 170 g/mol. The lowest BCUT2D eigenvalue weighted by atomic mass is 9.99. The van der Waals surface area contributed by atoms with E-state index in [0.29, 0.717) is 5.92 Å². The minimum absolute atomic E-state index is 0.685. The highest BCUT2D eigenvalue weighted by molar-refractivity contribution is 5.46. The molecule has 1 atom stereocenters. The maximum absolute atomic E-state index is 3.50. The van der Waals surface area contributed by atoms with Gasteiger partial charge in [-0.1, -0.05) is 26.0 Å². The molecule has 0 aliphatic heterocycles. The second-order valence-corrected chi connectivity index (χ2v) is 4.35. The van der Waals surface area contributed by atoms with Crippen molar-refractivity contribution < 1.29 is 0 Å². The lowest BCUT2D eigenvalue weighted by molar-refractivity contribution is 0.734. The lowest BCUT2D eigenvalue weighted by Gasteiger charge is -2.10.